The molecule has 0 fully saturated rings. The molecule has 3 nitrogen and oxygen atoms in total. The van der Waals surface area contributed by atoms with Gasteiger partial charge in [0.15, 0.2) is 8.32 Å². The van der Waals surface area contributed by atoms with Gasteiger partial charge in [0.05, 0.1) is 12.7 Å². The summed E-state index contributed by atoms with van der Waals surface area (Å²) >= 11 is 2.42. The van der Waals surface area contributed by atoms with Crippen LogP contribution in [0.5, 0.6) is 0 Å². The van der Waals surface area contributed by atoms with E-state index in [0.29, 0.717) is 13.2 Å². The van der Waals surface area contributed by atoms with Gasteiger partial charge in [-0.1, -0.05) is 125 Å². The average Bonchev–Trinajstić information content (AvgIpc) is 2.79. The first-order chi connectivity index (χ1) is 16.3. The maximum atomic E-state index is 7.12. The highest BCUT2D eigenvalue weighted by Gasteiger charge is 2.50. The summed E-state index contributed by atoms with van der Waals surface area (Å²) in [5.74, 6) is 0. The van der Waals surface area contributed by atoms with Crippen LogP contribution in [0.4, 0.5) is 0 Å². The molecule has 2 aromatic carbocycles. The SMILES string of the molecule is CC(C)(C)[Si](C)(C)OCC(CCO[Si](c1ccccc1)(c1ccccc1)C(C)(C)C)OCCCI. The molecular weight excluding hydrogens is 579 g/mol. The van der Waals surface area contributed by atoms with Gasteiger partial charge in [0.1, 0.15) is 0 Å². The van der Waals surface area contributed by atoms with Gasteiger partial charge in [-0.05, 0) is 46.4 Å². The van der Waals surface area contributed by atoms with Crippen molar-refractivity contribution in [2.75, 3.05) is 24.2 Å². The average molecular weight is 627 g/mol. The second-order valence-electron chi connectivity index (χ2n) is 11.9. The molecule has 6 heteroatoms. The third-order valence-corrected chi connectivity index (χ3v) is 17.5. The molecule has 0 aliphatic carbocycles. The molecule has 0 bridgehead atoms. The van der Waals surface area contributed by atoms with Crippen LogP contribution in [0.25, 0.3) is 0 Å². The topological polar surface area (TPSA) is 27.7 Å². The number of halogens is 1. The van der Waals surface area contributed by atoms with E-state index in [1.165, 1.54) is 10.4 Å². The number of alkyl halides is 1. The van der Waals surface area contributed by atoms with Crippen LogP contribution in [0.2, 0.25) is 23.2 Å². The minimum absolute atomic E-state index is 0.0229. The van der Waals surface area contributed by atoms with Crippen molar-refractivity contribution in [1.29, 1.82) is 0 Å². The standard InChI is InChI=1S/C29H47IO3Si2/c1-28(2,3)34(7,8)33-24-25(31-22-15-21-30)20-23-32-35(29(4,5)6,26-16-11-9-12-17-26)27-18-13-10-14-19-27/h9-14,16-19,25H,15,20-24H2,1-8H3. The highest BCUT2D eigenvalue weighted by atomic mass is 127. The fourth-order valence-corrected chi connectivity index (χ4v) is 10.1. The maximum Gasteiger partial charge on any atom is 0.261 e. The second-order valence-corrected chi connectivity index (χ2v) is 22.1. The zero-order valence-electron chi connectivity index (χ0n) is 23.2. The second kappa shape index (κ2) is 13.3. The van der Waals surface area contributed by atoms with Crippen molar-refractivity contribution in [1.82, 2.24) is 0 Å². The lowest BCUT2D eigenvalue weighted by molar-refractivity contribution is 0.00464. The lowest BCUT2D eigenvalue weighted by Crippen LogP contribution is -2.66. The third kappa shape index (κ3) is 8.24. The predicted octanol–water partition coefficient (Wildman–Crippen LogP) is 7.19. The van der Waals surface area contributed by atoms with Gasteiger partial charge in [0, 0.05) is 17.6 Å². The monoisotopic (exact) mass is 626 g/mol. The number of benzene rings is 2. The molecule has 0 heterocycles. The Hall–Kier alpha value is -0.516. The summed E-state index contributed by atoms with van der Waals surface area (Å²) in [5.41, 5.74) is 0. The van der Waals surface area contributed by atoms with E-state index in [-0.39, 0.29) is 16.2 Å². The zero-order valence-corrected chi connectivity index (χ0v) is 27.4. The van der Waals surface area contributed by atoms with Crippen LogP contribution in [0.1, 0.15) is 54.4 Å². The van der Waals surface area contributed by atoms with Gasteiger partial charge in [-0.15, -0.1) is 0 Å². The molecule has 2 aromatic rings. The largest absolute Gasteiger partial charge is 0.414 e. The normalized spacial score (nSPS) is 14.2. The van der Waals surface area contributed by atoms with Crippen LogP contribution in [0.3, 0.4) is 0 Å². The van der Waals surface area contributed by atoms with Crippen LogP contribution in [-0.4, -0.2) is 47.0 Å². The van der Waals surface area contributed by atoms with Crippen LogP contribution in [0, 0.1) is 0 Å². The molecule has 35 heavy (non-hydrogen) atoms. The summed E-state index contributed by atoms with van der Waals surface area (Å²) in [4.78, 5) is 0. The van der Waals surface area contributed by atoms with Crippen molar-refractivity contribution in [2.45, 2.75) is 83.7 Å². The summed E-state index contributed by atoms with van der Waals surface area (Å²) in [6.07, 6.45) is 1.94. The molecule has 1 atom stereocenters. The van der Waals surface area contributed by atoms with Crippen LogP contribution in [0.15, 0.2) is 60.7 Å². The Balaban J connectivity index is 2.27. The summed E-state index contributed by atoms with van der Waals surface area (Å²) in [7, 11) is -4.37. The maximum absolute atomic E-state index is 7.12. The molecule has 0 aliphatic rings. The lowest BCUT2D eigenvalue weighted by Gasteiger charge is -2.43. The van der Waals surface area contributed by atoms with Crippen molar-refractivity contribution >= 4 is 49.6 Å². The van der Waals surface area contributed by atoms with Crippen molar-refractivity contribution in [3.8, 4) is 0 Å². The Bertz CT molecular complexity index is 821. The molecule has 0 saturated heterocycles. The summed E-state index contributed by atoms with van der Waals surface area (Å²) in [6, 6.07) is 21.7. The van der Waals surface area contributed by atoms with Crippen molar-refractivity contribution in [2.24, 2.45) is 0 Å². The van der Waals surface area contributed by atoms with Gasteiger partial charge in [-0.25, -0.2) is 0 Å². The molecule has 0 N–H and O–H groups in total. The van der Waals surface area contributed by atoms with E-state index in [0.717, 1.165) is 23.9 Å². The van der Waals surface area contributed by atoms with Gasteiger partial charge < -0.3 is 13.6 Å². The Morgan fingerprint density at radius 1 is 0.743 bits per heavy atom. The molecule has 0 aromatic heterocycles. The van der Waals surface area contributed by atoms with Gasteiger partial charge in [-0.2, -0.15) is 0 Å². The zero-order chi connectivity index (χ0) is 26.2. The molecule has 0 spiro atoms. The minimum Gasteiger partial charge on any atom is -0.414 e. The van der Waals surface area contributed by atoms with Gasteiger partial charge in [0.25, 0.3) is 8.32 Å². The predicted molar refractivity (Wildman–Crippen MR) is 165 cm³/mol. The number of hydrogen-bond donors (Lipinski definition) is 0. The highest BCUT2D eigenvalue weighted by Crippen LogP contribution is 2.38. The Kier molecular flexibility index (Phi) is 11.7. The van der Waals surface area contributed by atoms with E-state index in [9.17, 15) is 0 Å². The molecule has 0 aliphatic heterocycles. The van der Waals surface area contributed by atoms with Crippen molar-refractivity contribution in [3.63, 3.8) is 0 Å². The van der Waals surface area contributed by atoms with Gasteiger partial charge in [-0.3, -0.25) is 0 Å². The van der Waals surface area contributed by atoms with Gasteiger partial charge in [0.2, 0.25) is 0 Å². The van der Waals surface area contributed by atoms with E-state index in [4.69, 9.17) is 13.6 Å². The molecule has 2 rings (SSSR count). The molecule has 0 saturated carbocycles. The first kappa shape index (κ1) is 30.7. The fourth-order valence-electron chi connectivity index (χ4n) is 4.14. The van der Waals surface area contributed by atoms with E-state index in [2.05, 4.69) is 138 Å². The Morgan fingerprint density at radius 2 is 1.26 bits per heavy atom. The minimum atomic E-state index is -2.53. The van der Waals surface area contributed by atoms with E-state index in [1.54, 1.807) is 0 Å². The Morgan fingerprint density at radius 3 is 1.69 bits per heavy atom. The van der Waals surface area contributed by atoms with Crippen LogP contribution >= 0.6 is 22.6 Å². The highest BCUT2D eigenvalue weighted by molar-refractivity contribution is 14.1. The first-order valence-corrected chi connectivity index (χ1v) is 19.3. The summed E-state index contributed by atoms with van der Waals surface area (Å²) < 4.78 is 21.1. The number of rotatable bonds is 13. The molecular formula is C29H47IO3Si2. The van der Waals surface area contributed by atoms with E-state index >= 15 is 0 Å². The lowest BCUT2D eigenvalue weighted by atomic mass is 10.2. The molecule has 1 unspecified atom stereocenters. The quantitative estimate of drug-likeness (QED) is 0.102. The van der Waals surface area contributed by atoms with Crippen LogP contribution in [-0.2, 0) is 13.6 Å². The van der Waals surface area contributed by atoms with Crippen molar-refractivity contribution < 1.29 is 13.6 Å². The number of hydrogen-bond acceptors (Lipinski definition) is 3. The Labute approximate surface area is 230 Å². The molecule has 0 amide bonds. The smallest absolute Gasteiger partial charge is 0.261 e. The summed E-state index contributed by atoms with van der Waals surface area (Å²) in [6.45, 7) is 20.5. The van der Waals surface area contributed by atoms with Crippen molar-refractivity contribution in [3.05, 3.63) is 60.7 Å². The first-order valence-electron chi connectivity index (χ1n) is 12.9. The number of ether oxygens (including phenoxy) is 1. The molecule has 0 radical (unpaired) electrons. The van der Waals surface area contributed by atoms with E-state index < -0.39 is 16.6 Å². The summed E-state index contributed by atoms with van der Waals surface area (Å²) in [5, 5.41) is 2.80. The fraction of sp³-hybridized carbons (Fsp3) is 0.586. The third-order valence-electron chi connectivity index (χ3n) is 7.24. The van der Waals surface area contributed by atoms with E-state index in [1.807, 2.05) is 0 Å². The van der Waals surface area contributed by atoms with Gasteiger partial charge >= 0.3 is 0 Å². The molecule has 196 valence electrons. The van der Waals surface area contributed by atoms with Crippen LogP contribution < -0.4 is 10.4 Å².